The number of sulfonamides is 1. The third kappa shape index (κ3) is 6.37. The van der Waals surface area contributed by atoms with Crippen LogP contribution in [0.5, 0.6) is 5.75 Å². The summed E-state index contributed by atoms with van der Waals surface area (Å²) in [6, 6.07) is 11.2. The first-order chi connectivity index (χ1) is 15.0. The van der Waals surface area contributed by atoms with Crippen LogP contribution >= 0.6 is 11.6 Å². The summed E-state index contributed by atoms with van der Waals surface area (Å²) in [6.45, 7) is 3.13. The zero-order chi connectivity index (χ0) is 24.1. The van der Waals surface area contributed by atoms with Gasteiger partial charge in [0.15, 0.2) is 0 Å². The number of halogens is 1. The van der Waals surface area contributed by atoms with E-state index in [0.29, 0.717) is 0 Å². The average Bonchev–Trinajstić information content (AvgIpc) is 2.73. The van der Waals surface area contributed by atoms with Crippen molar-refractivity contribution in [2.24, 2.45) is 0 Å². The first-order valence-electron chi connectivity index (χ1n) is 9.85. The lowest BCUT2D eigenvalue weighted by Crippen LogP contribution is -2.50. The van der Waals surface area contributed by atoms with Gasteiger partial charge in [0, 0.05) is 18.6 Å². The molecule has 1 unspecified atom stereocenters. The number of aryl methyl sites for hydroxylation is 1. The van der Waals surface area contributed by atoms with E-state index in [1.165, 1.54) is 31.2 Å². The third-order valence-electron chi connectivity index (χ3n) is 4.94. The molecule has 1 atom stereocenters. The predicted molar refractivity (Wildman–Crippen MR) is 125 cm³/mol. The molecule has 0 saturated heterocycles. The number of ether oxygens (including phenoxy) is 1. The van der Waals surface area contributed by atoms with Crippen molar-refractivity contribution in [3.63, 3.8) is 0 Å². The van der Waals surface area contributed by atoms with Gasteiger partial charge >= 0.3 is 0 Å². The lowest BCUT2D eigenvalue weighted by Gasteiger charge is -2.31. The Morgan fingerprint density at radius 2 is 1.88 bits per heavy atom. The van der Waals surface area contributed by atoms with Crippen molar-refractivity contribution in [3.8, 4) is 5.75 Å². The number of amides is 2. The molecular formula is C22H28ClN3O5S. The van der Waals surface area contributed by atoms with Crippen LogP contribution in [0.3, 0.4) is 0 Å². The Bertz CT molecular complexity index is 1090. The van der Waals surface area contributed by atoms with E-state index in [4.69, 9.17) is 16.3 Å². The molecule has 2 aromatic carbocycles. The number of nitrogens with one attached hydrogen (secondary N) is 1. The van der Waals surface area contributed by atoms with Gasteiger partial charge in [-0.1, -0.05) is 41.4 Å². The van der Waals surface area contributed by atoms with Crippen LogP contribution in [0.25, 0.3) is 0 Å². The summed E-state index contributed by atoms with van der Waals surface area (Å²) in [4.78, 5) is 27.1. The molecule has 0 radical (unpaired) electrons. The molecule has 0 fully saturated rings. The fourth-order valence-corrected chi connectivity index (χ4v) is 4.26. The van der Waals surface area contributed by atoms with E-state index < -0.39 is 28.5 Å². The number of methoxy groups -OCH3 is 1. The molecule has 2 aromatic rings. The summed E-state index contributed by atoms with van der Waals surface area (Å²) in [5.41, 5.74) is 1.96. The van der Waals surface area contributed by atoms with E-state index in [2.05, 4.69) is 5.32 Å². The van der Waals surface area contributed by atoms with Crippen molar-refractivity contribution in [2.45, 2.75) is 26.4 Å². The Balaban J connectivity index is 2.46. The molecule has 2 rings (SSSR count). The Morgan fingerprint density at radius 3 is 2.44 bits per heavy atom. The van der Waals surface area contributed by atoms with Gasteiger partial charge in [-0.25, -0.2) is 8.42 Å². The first kappa shape index (κ1) is 25.5. The van der Waals surface area contributed by atoms with Crippen LogP contribution in [0.4, 0.5) is 5.69 Å². The van der Waals surface area contributed by atoms with Gasteiger partial charge in [-0.3, -0.25) is 13.9 Å². The second-order valence-corrected chi connectivity index (χ2v) is 9.73. The van der Waals surface area contributed by atoms with Crippen LogP contribution in [-0.4, -0.2) is 58.1 Å². The van der Waals surface area contributed by atoms with Crippen LogP contribution in [0.2, 0.25) is 5.02 Å². The summed E-state index contributed by atoms with van der Waals surface area (Å²) in [5.74, 6) is -0.662. The van der Waals surface area contributed by atoms with Gasteiger partial charge < -0.3 is 15.0 Å². The van der Waals surface area contributed by atoms with Crippen LogP contribution in [0.1, 0.15) is 18.1 Å². The minimum absolute atomic E-state index is 0.138. The number of hydrogen-bond acceptors (Lipinski definition) is 5. The number of hydrogen-bond donors (Lipinski definition) is 1. The summed E-state index contributed by atoms with van der Waals surface area (Å²) >= 11 is 6.07. The van der Waals surface area contributed by atoms with E-state index in [9.17, 15) is 18.0 Å². The molecular weight excluding hydrogens is 454 g/mol. The van der Waals surface area contributed by atoms with Gasteiger partial charge in [-0.2, -0.15) is 0 Å². The maximum atomic E-state index is 13.4. The molecule has 0 saturated carbocycles. The molecule has 1 N–H and O–H groups in total. The summed E-state index contributed by atoms with van der Waals surface area (Å²) in [6.07, 6.45) is 0.994. The highest BCUT2D eigenvalue weighted by Gasteiger charge is 2.31. The summed E-state index contributed by atoms with van der Waals surface area (Å²) in [5, 5.41) is 2.83. The van der Waals surface area contributed by atoms with Crippen LogP contribution in [0, 0.1) is 6.92 Å². The van der Waals surface area contributed by atoms with E-state index in [1.54, 1.807) is 13.0 Å². The maximum Gasteiger partial charge on any atom is 0.244 e. The van der Waals surface area contributed by atoms with Gasteiger partial charge in [0.25, 0.3) is 0 Å². The topological polar surface area (TPSA) is 96.0 Å². The second-order valence-electron chi connectivity index (χ2n) is 7.39. The molecule has 2 amide bonds. The zero-order valence-corrected chi connectivity index (χ0v) is 20.3. The Kier molecular flexibility index (Phi) is 8.51. The van der Waals surface area contributed by atoms with Crippen LogP contribution in [0.15, 0.2) is 42.5 Å². The normalized spacial score (nSPS) is 12.1. The van der Waals surface area contributed by atoms with Gasteiger partial charge in [-0.05, 0) is 37.6 Å². The smallest absolute Gasteiger partial charge is 0.244 e. The fraction of sp³-hybridized carbons (Fsp3) is 0.364. The highest BCUT2D eigenvalue weighted by atomic mass is 35.5. The minimum atomic E-state index is -3.88. The van der Waals surface area contributed by atoms with E-state index >= 15 is 0 Å². The quantitative estimate of drug-likeness (QED) is 0.594. The standard InChI is InChI=1S/C22H28ClN3O5S/c1-15-7-6-8-17(11-15)13-25(16(2)22(28)24-3)21(27)14-26(32(5,29)30)19-12-18(23)9-10-20(19)31-4/h6-12,16H,13-14H2,1-5H3,(H,24,28). The van der Waals surface area contributed by atoms with Crippen molar-refractivity contribution in [1.29, 1.82) is 0 Å². The molecule has 0 bridgehead atoms. The lowest BCUT2D eigenvalue weighted by molar-refractivity contribution is -0.139. The van der Waals surface area contributed by atoms with Gasteiger partial charge in [0.2, 0.25) is 21.8 Å². The van der Waals surface area contributed by atoms with Crippen LogP contribution in [-0.2, 0) is 26.2 Å². The number of benzene rings is 2. The van der Waals surface area contributed by atoms with Crippen molar-refractivity contribution in [1.82, 2.24) is 10.2 Å². The number of likely N-dealkylation sites (N-methyl/N-ethyl adjacent to an activating group) is 1. The molecule has 174 valence electrons. The molecule has 0 spiro atoms. The number of nitrogens with zero attached hydrogens (tertiary/aromatic N) is 2. The minimum Gasteiger partial charge on any atom is -0.495 e. The third-order valence-corrected chi connectivity index (χ3v) is 6.30. The molecule has 0 aliphatic rings. The molecule has 8 nitrogen and oxygen atoms in total. The Labute approximate surface area is 194 Å². The second kappa shape index (κ2) is 10.7. The zero-order valence-electron chi connectivity index (χ0n) is 18.8. The summed E-state index contributed by atoms with van der Waals surface area (Å²) < 4.78 is 31.4. The molecule has 32 heavy (non-hydrogen) atoms. The van der Waals surface area contributed by atoms with Crippen molar-refractivity contribution >= 4 is 39.1 Å². The Morgan fingerprint density at radius 1 is 1.19 bits per heavy atom. The maximum absolute atomic E-state index is 13.4. The number of carbonyl (C=O) groups is 2. The molecule has 0 heterocycles. The van der Waals surface area contributed by atoms with E-state index in [-0.39, 0.29) is 28.9 Å². The van der Waals surface area contributed by atoms with Gasteiger partial charge in [-0.15, -0.1) is 0 Å². The molecule has 0 aromatic heterocycles. The van der Waals surface area contributed by atoms with Crippen molar-refractivity contribution in [2.75, 3.05) is 31.3 Å². The van der Waals surface area contributed by atoms with Gasteiger partial charge in [0.1, 0.15) is 18.3 Å². The van der Waals surface area contributed by atoms with Crippen LogP contribution < -0.4 is 14.4 Å². The van der Waals surface area contributed by atoms with Gasteiger partial charge in [0.05, 0.1) is 19.1 Å². The number of anilines is 1. The van der Waals surface area contributed by atoms with E-state index in [1.807, 2.05) is 31.2 Å². The average molecular weight is 482 g/mol. The van der Waals surface area contributed by atoms with Crippen molar-refractivity contribution in [3.05, 3.63) is 58.6 Å². The molecule has 10 heteroatoms. The lowest BCUT2D eigenvalue weighted by atomic mass is 10.1. The SMILES string of the molecule is CNC(=O)C(C)N(Cc1cccc(C)c1)C(=O)CN(c1cc(Cl)ccc1OC)S(C)(=O)=O. The van der Waals surface area contributed by atoms with Crippen molar-refractivity contribution < 1.29 is 22.7 Å². The highest BCUT2D eigenvalue weighted by molar-refractivity contribution is 7.92. The predicted octanol–water partition coefficient (Wildman–Crippen LogP) is 2.59. The molecule has 0 aliphatic carbocycles. The number of rotatable bonds is 9. The van der Waals surface area contributed by atoms with E-state index in [0.717, 1.165) is 21.7 Å². The summed E-state index contributed by atoms with van der Waals surface area (Å²) in [7, 11) is -1.00. The first-order valence-corrected chi connectivity index (χ1v) is 12.1. The highest BCUT2D eigenvalue weighted by Crippen LogP contribution is 2.33. The largest absolute Gasteiger partial charge is 0.495 e. The molecule has 0 aliphatic heterocycles. The monoisotopic (exact) mass is 481 g/mol. The number of carbonyl (C=O) groups excluding carboxylic acids is 2. The fourth-order valence-electron chi connectivity index (χ4n) is 3.25. The Hall–Kier alpha value is -2.78.